The highest BCUT2D eigenvalue weighted by molar-refractivity contribution is 6.41. The molecule has 0 spiro atoms. The molecule has 0 atom stereocenters. The van der Waals surface area contributed by atoms with E-state index in [9.17, 15) is 9.59 Å². The number of piperazine rings is 1. The van der Waals surface area contributed by atoms with E-state index in [-0.39, 0.29) is 22.0 Å². The van der Waals surface area contributed by atoms with Crippen molar-refractivity contribution in [2.45, 2.75) is 19.8 Å². The zero-order valence-corrected chi connectivity index (χ0v) is 20.5. The number of amides is 2. The molecule has 3 rings (SSSR count). The second-order valence-corrected chi connectivity index (χ2v) is 8.65. The van der Waals surface area contributed by atoms with Crippen molar-refractivity contribution in [1.82, 2.24) is 14.8 Å². The van der Waals surface area contributed by atoms with Crippen molar-refractivity contribution in [3.8, 4) is 0 Å². The number of rotatable bonds is 6. The van der Waals surface area contributed by atoms with Gasteiger partial charge in [-0.1, -0.05) is 61.8 Å². The number of anilines is 2. The van der Waals surface area contributed by atoms with Gasteiger partial charge in [-0.15, -0.1) is 0 Å². The van der Waals surface area contributed by atoms with Crippen LogP contribution in [0.25, 0.3) is 0 Å². The molecule has 1 fully saturated rings. The van der Waals surface area contributed by atoms with Crippen LogP contribution >= 0.6 is 23.2 Å². The summed E-state index contributed by atoms with van der Waals surface area (Å²) in [5.41, 5.74) is 2.29. The van der Waals surface area contributed by atoms with Crippen LogP contribution in [-0.4, -0.2) is 66.2 Å². The fraction of sp³-hybridized carbons (Fsp3) is 0.333. The van der Waals surface area contributed by atoms with E-state index in [0.717, 1.165) is 12.0 Å². The second-order valence-electron chi connectivity index (χ2n) is 7.88. The Kier molecular flexibility index (Phi) is 8.10. The fourth-order valence-corrected chi connectivity index (χ4v) is 4.21. The summed E-state index contributed by atoms with van der Waals surface area (Å²) in [5, 5.41) is 0.362. The van der Waals surface area contributed by atoms with Crippen LogP contribution in [0, 0.1) is 0 Å². The lowest BCUT2D eigenvalue weighted by molar-refractivity contribution is -0.127. The van der Waals surface area contributed by atoms with Crippen LogP contribution in [0.2, 0.25) is 10.2 Å². The number of halogens is 2. The third kappa shape index (κ3) is 5.20. The van der Waals surface area contributed by atoms with Crippen molar-refractivity contribution in [2.75, 3.05) is 38.1 Å². The van der Waals surface area contributed by atoms with Crippen molar-refractivity contribution in [1.29, 1.82) is 0 Å². The molecule has 33 heavy (non-hydrogen) atoms. The molecule has 0 unspecified atom stereocenters. The Morgan fingerprint density at radius 3 is 2.39 bits per heavy atom. The van der Waals surface area contributed by atoms with Gasteiger partial charge in [0.25, 0.3) is 0 Å². The van der Waals surface area contributed by atoms with Gasteiger partial charge in [-0.25, -0.2) is 4.98 Å². The Balaban J connectivity index is 2.07. The number of hydrogen-bond acceptors (Lipinski definition) is 4. The number of para-hydroxylation sites is 1. The molecule has 0 N–H and O–H groups in total. The largest absolute Gasteiger partial charge is 0.353 e. The van der Waals surface area contributed by atoms with E-state index in [0.29, 0.717) is 49.1 Å². The lowest BCUT2D eigenvalue weighted by Gasteiger charge is -2.36. The first-order valence-corrected chi connectivity index (χ1v) is 11.4. The van der Waals surface area contributed by atoms with Crippen molar-refractivity contribution in [2.24, 2.45) is 4.99 Å². The average Bonchev–Trinajstić information content (AvgIpc) is 2.83. The molecule has 174 valence electrons. The monoisotopic (exact) mass is 487 g/mol. The molecule has 1 saturated heterocycles. The molecule has 7 nitrogen and oxygen atoms in total. The number of carbonyl (C=O) groups is 2. The third-order valence-corrected chi connectivity index (χ3v) is 6.26. The summed E-state index contributed by atoms with van der Waals surface area (Å²) < 4.78 is 0. The first kappa shape index (κ1) is 24.7. The summed E-state index contributed by atoms with van der Waals surface area (Å²) >= 11 is 12.6. The Bertz CT molecular complexity index is 1080. The molecular formula is C24H27Cl2N5O2. The summed E-state index contributed by atoms with van der Waals surface area (Å²) in [6.45, 7) is 9.87. The number of nitrogens with zero attached hydrogens (tertiary/aromatic N) is 5. The molecule has 0 radical (unpaired) electrons. The predicted molar refractivity (Wildman–Crippen MR) is 134 cm³/mol. The molecule has 1 aliphatic rings. The zero-order chi connectivity index (χ0) is 24.1. The average molecular weight is 488 g/mol. The minimum Gasteiger partial charge on any atom is -0.353 e. The van der Waals surface area contributed by atoms with Crippen LogP contribution in [0.1, 0.15) is 30.9 Å². The van der Waals surface area contributed by atoms with Gasteiger partial charge in [0.15, 0.2) is 5.82 Å². The highest BCUT2D eigenvalue weighted by atomic mass is 35.5. The van der Waals surface area contributed by atoms with Gasteiger partial charge in [0.1, 0.15) is 11.0 Å². The third-order valence-electron chi connectivity index (χ3n) is 5.58. The minimum absolute atomic E-state index is 0.0982. The Hall–Kier alpha value is -2.90. The minimum atomic E-state index is -0.0982. The second kappa shape index (κ2) is 10.8. The molecule has 1 aliphatic heterocycles. The number of benzene rings is 1. The molecule has 0 aliphatic carbocycles. The predicted octanol–water partition coefficient (Wildman–Crippen LogP) is 4.51. The molecule has 2 amide bonds. The number of carbonyl (C=O) groups excluding carboxylic acids is 2. The normalized spacial score (nSPS) is 14.4. The van der Waals surface area contributed by atoms with E-state index in [1.165, 1.54) is 11.0 Å². The van der Waals surface area contributed by atoms with Gasteiger partial charge in [-0.05, 0) is 29.7 Å². The van der Waals surface area contributed by atoms with E-state index in [1.54, 1.807) is 18.0 Å². The topological polar surface area (TPSA) is 69.1 Å². The SMILES string of the molecule is C=CC(=O)N1CCN(C(=NC)c2cc(Cl)c(Cl)nc2N(C=O)c2ccccc2C(C)C)CC1. The maximum absolute atomic E-state index is 12.4. The molecule has 1 aromatic carbocycles. The molecule has 0 saturated carbocycles. The highest BCUT2D eigenvalue weighted by Crippen LogP contribution is 2.36. The molecule has 1 aromatic heterocycles. The van der Waals surface area contributed by atoms with Gasteiger partial charge < -0.3 is 9.80 Å². The summed E-state index contributed by atoms with van der Waals surface area (Å²) in [4.78, 5) is 38.6. The fourth-order valence-electron chi connectivity index (χ4n) is 3.92. The van der Waals surface area contributed by atoms with E-state index < -0.39 is 0 Å². The number of amidine groups is 1. The van der Waals surface area contributed by atoms with Gasteiger partial charge in [0, 0.05) is 33.2 Å². The standard InChI is InChI=1S/C24H27Cl2N5O2/c1-5-21(33)29-10-12-30(13-11-29)23(27-4)18-14-19(25)22(26)28-24(18)31(15-32)20-9-7-6-8-17(20)16(2)3/h5-9,14-16H,1,10-13H2,2-4H3. The maximum Gasteiger partial charge on any atom is 0.246 e. The Morgan fingerprint density at radius 1 is 1.18 bits per heavy atom. The van der Waals surface area contributed by atoms with E-state index in [4.69, 9.17) is 23.2 Å². The summed E-state index contributed by atoms with van der Waals surface area (Å²) in [6, 6.07) is 9.36. The van der Waals surface area contributed by atoms with Gasteiger partial charge in [0.05, 0.1) is 16.3 Å². The van der Waals surface area contributed by atoms with E-state index in [2.05, 4.69) is 35.3 Å². The molecular weight excluding hydrogens is 461 g/mol. The summed E-state index contributed by atoms with van der Waals surface area (Å²) in [5.74, 6) is 1.05. The molecule has 2 heterocycles. The van der Waals surface area contributed by atoms with E-state index in [1.807, 2.05) is 24.3 Å². The quantitative estimate of drug-likeness (QED) is 0.197. The van der Waals surface area contributed by atoms with E-state index >= 15 is 0 Å². The molecule has 2 aromatic rings. The maximum atomic E-state index is 12.4. The Morgan fingerprint density at radius 2 is 1.82 bits per heavy atom. The van der Waals surface area contributed by atoms with Crippen LogP contribution < -0.4 is 4.90 Å². The van der Waals surface area contributed by atoms with Gasteiger partial charge >= 0.3 is 0 Å². The van der Waals surface area contributed by atoms with Crippen LogP contribution in [0.4, 0.5) is 11.5 Å². The van der Waals surface area contributed by atoms with Crippen LogP contribution in [0.3, 0.4) is 0 Å². The summed E-state index contributed by atoms with van der Waals surface area (Å²) in [7, 11) is 1.68. The number of pyridine rings is 1. The number of aliphatic imine (C=N–C) groups is 1. The van der Waals surface area contributed by atoms with Crippen LogP contribution in [0.15, 0.2) is 48.0 Å². The first-order chi connectivity index (χ1) is 15.8. The van der Waals surface area contributed by atoms with Crippen molar-refractivity contribution in [3.63, 3.8) is 0 Å². The number of hydrogen-bond donors (Lipinski definition) is 0. The summed E-state index contributed by atoms with van der Waals surface area (Å²) in [6.07, 6.45) is 2.05. The molecule has 9 heteroatoms. The van der Waals surface area contributed by atoms with Gasteiger partial charge in [-0.2, -0.15) is 0 Å². The smallest absolute Gasteiger partial charge is 0.246 e. The van der Waals surface area contributed by atoms with Crippen LogP contribution in [-0.2, 0) is 9.59 Å². The van der Waals surface area contributed by atoms with Crippen LogP contribution in [0.5, 0.6) is 0 Å². The van der Waals surface area contributed by atoms with Crippen molar-refractivity contribution in [3.05, 3.63) is 64.3 Å². The van der Waals surface area contributed by atoms with Crippen molar-refractivity contribution < 1.29 is 9.59 Å². The lowest BCUT2D eigenvalue weighted by atomic mass is 10.0. The zero-order valence-electron chi connectivity index (χ0n) is 19.0. The van der Waals surface area contributed by atoms with Crippen molar-refractivity contribution >= 4 is 52.9 Å². The Labute approximate surface area is 204 Å². The first-order valence-electron chi connectivity index (χ1n) is 10.6. The van der Waals surface area contributed by atoms with Gasteiger partial charge in [0.2, 0.25) is 12.3 Å². The highest BCUT2D eigenvalue weighted by Gasteiger charge is 2.28. The number of aromatic nitrogens is 1. The molecule has 0 bridgehead atoms. The lowest BCUT2D eigenvalue weighted by Crippen LogP contribution is -2.50. The van der Waals surface area contributed by atoms with Gasteiger partial charge in [-0.3, -0.25) is 19.5 Å².